The van der Waals surface area contributed by atoms with Crippen LogP contribution >= 0.6 is 0 Å². The van der Waals surface area contributed by atoms with E-state index in [1.807, 2.05) is 0 Å². The largest absolute Gasteiger partial charge is 0.487 e. The van der Waals surface area contributed by atoms with E-state index in [-0.39, 0.29) is 22.5 Å². The highest BCUT2D eigenvalue weighted by Crippen LogP contribution is 2.36. The summed E-state index contributed by atoms with van der Waals surface area (Å²) in [6.07, 6.45) is 4.28. The van der Waals surface area contributed by atoms with Crippen LogP contribution in [0.4, 0.5) is 25.8 Å². The number of aromatic nitrogens is 2. The number of rotatable bonds is 5. The Balaban J connectivity index is 1.21. The van der Waals surface area contributed by atoms with Crippen LogP contribution in [0.5, 0.6) is 11.5 Å². The van der Waals surface area contributed by atoms with Crippen LogP contribution < -0.4 is 25.5 Å². The fourth-order valence-corrected chi connectivity index (χ4v) is 4.77. The molecule has 3 aromatic carbocycles. The minimum absolute atomic E-state index is 0.144. The lowest BCUT2D eigenvalue weighted by Gasteiger charge is -2.17. The van der Waals surface area contributed by atoms with Crippen LogP contribution in [0.1, 0.15) is 10.4 Å². The van der Waals surface area contributed by atoms with Gasteiger partial charge in [-0.2, -0.15) is 0 Å². The summed E-state index contributed by atoms with van der Waals surface area (Å²) in [6.45, 7) is 2.33. The summed E-state index contributed by atoms with van der Waals surface area (Å²) in [5, 5.41) is 6.32. The molecular weight excluding hydrogens is 586 g/mol. The molecule has 1 amide bonds. The number of carbonyl (C=O) groups excluding carboxylic acids is 1. The summed E-state index contributed by atoms with van der Waals surface area (Å²) in [6, 6.07) is 14.7. The zero-order valence-electron chi connectivity index (χ0n) is 23.9. The highest BCUT2D eigenvalue weighted by atomic mass is 19.1. The second-order valence-electron chi connectivity index (χ2n) is 9.99. The molecule has 10 nitrogen and oxygen atoms in total. The maximum absolute atomic E-state index is 15.3. The van der Waals surface area contributed by atoms with E-state index in [1.165, 1.54) is 48.8 Å². The van der Waals surface area contributed by atoms with Crippen LogP contribution in [0.25, 0.3) is 22.0 Å². The van der Waals surface area contributed by atoms with E-state index in [2.05, 4.69) is 20.6 Å². The van der Waals surface area contributed by atoms with E-state index >= 15 is 4.39 Å². The average molecular weight is 615 g/mol. The molecule has 0 spiro atoms. The van der Waals surface area contributed by atoms with E-state index in [1.54, 1.807) is 24.4 Å². The molecule has 2 aromatic heterocycles. The minimum atomic E-state index is -0.728. The SMILES string of the molecule is O=C(Nc1ccc(Nc2ccnc3cc4c(cc23)OCCOCCOCCO4)c(F)c1)c1c[nH]cc(-c2ccc(F)cc2)c1=O. The van der Waals surface area contributed by atoms with E-state index in [0.717, 1.165) is 6.07 Å². The number of pyridine rings is 2. The molecule has 0 unspecified atom stereocenters. The van der Waals surface area contributed by atoms with Gasteiger partial charge < -0.3 is 34.6 Å². The number of hydrogen-bond donors (Lipinski definition) is 3. The summed E-state index contributed by atoms with van der Waals surface area (Å²) in [5.74, 6) is -0.828. The lowest BCUT2D eigenvalue weighted by molar-refractivity contribution is 0.0224. The van der Waals surface area contributed by atoms with Crippen LogP contribution in [-0.4, -0.2) is 55.5 Å². The zero-order chi connectivity index (χ0) is 31.2. The van der Waals surface area contributed by atoms with Gasteiger partial charge in [-0.3, -0.25) is 14.6 Å². The Bertz CT molecular complexity index is 1900. The van der Waals surface area contributed by atoms with Crippen molar-refractivity contribution in [2.75, 3.05) is 50.3 Å². The maximum atomic E-state index is 15.3. The standard InChI is InChI=1S/C33H28F2N4O6/c34-21-3-1-20(2-4-21)24-18-36-19-25(32(24)40)33(41)38-22-5-6-28(26(35)15-22)39-27-7-8-37-29-17-31-30(16-23(27)29)44-13-11-42-9-10-43-12-14-45-31/h1-8,15-19H,9-14H2,(H,36,40)(H,37,39)(H,38,41). The minimum Gasteiger partial charge on any atom is -0.487 e. The molecule has 1 aliphatic heterocycles. The summed E-state index contributed by atoms with van der Waals surface area (Å²) < 4.78 is 51.5. The first-order valence-corrected chi connectivity index (χ1v) is 14.1. The Hall–Kier alpha value is -5.33. The molecule has 0 radical (unpaired) electrons. The molecule has 230 valence electrons. The van der Waals surface area contributed by atoms with Crippen molar-refractivity contribution >= 4 is 33.9 Å². The molecule has 12 heteroatoms. The van der Waals surface area contributed by atoms with Crippen LogP contribution in [0.15, 0.2) is 84.0 Å². The normalized spacial score (nSPS) is 13.8. The molecule has 45 heavy (non-hydrogen) atoms. The van der Waals surface area contributed by atoms with Crippen LogP contribution in [0.3, 0.4) is 0 Å². The van der Waals surface area contributed by atoms with E-state index in [4.69, 9.17) is 18.9 Å². The quantitative estimate of drug-likeness (QED) is 0.232. The average Bonchev–Trinajstić information content (AvgIpc) is 3.03. The number of hydrogen-bond acceptors (Lipinski definition) is 8. The summed E-state index contributed by atoms with van der Waals surface area (Å²) in [7, 11) is 0. The van der Waals surface area contributed by atoms with Gasteiger partial charge in [0.15, 0.2) is 11.5 Å². The first-order valence-electron chi connectivity index (χ1n) is 14.1. The van der Waals surface area contributed by atoms with Crippen molar-refractivity contribution in [1.82, 2.24) is 9.97 Å². The number of halogens is 2. The number of fused-ring (bicyclic) bond motifs is 2. The molecule has 0 bridgehead atoms. The van der Waals surface area contributed by atoms with Crippen LogP contribution in [0.2, 0.25) is 0 Å². The van der Waals surface area contributed by atoms with Gasteiger partial charge in [-0.15, -0.1) is 0 Å². The fraction of sp³-hybridized carbons (Fsp3) is 0.182. The predicted molar refractivity (Wildman–Crippen MR) is 164 cm³/mol. The molecule has 0 saturated carbocycles. The smallest absolute Gasteiger partial charge is 0.261 e. The zero-order valence-corrected chi connectivity index (χ0v) is 23.9. The van der Waals surface area contributed by atoms with Gasteiger partial charge >= 0.3 is 0 Å². The molecule has 1 aliphatic rings. The summed E-state index contributed by atoms with van der Waals surface area (Å²) in [5.41, 5.74) is 1.37. The Morgan fingerprint density at radius 2 is 1.51 bits per heavy atom. The van der Waals surface area contributed by atoms with Gasteiger partial charge in [0.1, 0.15) is 30.4 Å². The third kappa shape index (κ3) is 6.92. The van der Waals surface area contributed by atoms with Gasteiger partial charge in [-0.1, -0.05) is 12.1 Å². The summed E-state index contributed by atoms with van der Waals surface area (Å²) in [4.78, 5) is 33.2. The van der Waals surface area contributed by atoms with Gasteiger partial charge in [0.2, 0.25) is 5.43 Å². The molecule has 3 heterocycles. The summed E-state index contributed by atoms with van der Waals surface area (Å²) >= 11 is 0. The number of H-pyrrole nitrogens is 1. The Morgan fingerprint density at radius 1 is 0.800 bits per heavy atom. The topological polar surface area (TPSA) is 124 Å². The first-order chi connectivity index (χ1) is 22.0. The van der Waals surface area contributed by atoms with Crippen molar-refractivity contribution in [1.29, 1.82) is 0 Å². The maximum Gasteiger partial charge on any atom is 0.261 e. The second-order valence-corrected chi connectivity index (χ2v) is 9.99. The van der Waals surface area contributed by atoms with Gasteiger partial charge in [-0.05, 0) is 48.0 Å². The molecular formula is C33H28F2N4O6. The molecule has 0 fully saturated rings. The molecule has 3 N–H and O–H groups in total. The number of ether oxygens (including phenoxy) is 4. The van der Waals surface area contributed by atoms with Crippen LogP contribution in [-0.2, 0) is 9.47 Å². The number of nitrogens with one attached hydrogen (secondary N) is 3. The third-order valence-electron chi connectivity index (χ3n) is 6.99. The Morgan fingerprint density at radius 3 is 2.24 bits per heavy atom. The number of benzene rings is 3. The number of aromatic amines is 1. The van der Waals surface area contributed by atoms with Crippen molar-refractivity contribution in [2.24, 2.45) is 0 Å². The lowest BCUT2D eigenvalue weighted by Crippen LogP contribution is -2.22. The lowest BCUT2D eigenvalue weighted by atomic mass is 10.0. The van der Waals surface area contributed by atoms with Crippen LogP contribution in [0, 0.1) is 11.6 Å². The number of anilines is 3. The van der Waals surface area contributed by atoms with Crippen molar-refractivity contribution < 1.29 is 32.5 Å². The van der Waals surface area contributed by atoms with Gasteiger partial charge in [-0.25, -0.2) is 8.78 Å². The fourth-order valence-electron chi connectivity index (χ4n) is 4.77. The van der Waals surface area contributed by atoms with Crippen molar-refractivity contribution in [3.8, 4) is 22.6 Å². The molecule has 0 atom stereocenters. The van der Waals surface area contributed by atoms with E-state index in [0.29, 0.717) is 73.3 Å². The first kappa shape index (κ1) is 29.7. The highest BCUT2D eigenvalue weighted by Gasteiger charge is 2.17. The third-order valence-corrected chi connectivity index (χ3v) is 6.99. The Kier molecular flexibility index (Phi) is 8.94. The monoisotopic (exact) mass is 614 g/mol. The van der Waals surface area contributed by atoms with Crippen molar-refractivity contribution in [2.45, 2.75) is 0 Å². The van der Waals surface area contributed by atoms with Gasteiger partial charge in [0.25, 0.3) is 5.91 Å². The second kappa shape index (κ2) is 13.5. The number of carbonyl (C=O) groups is 1. The Labute approximate surface area is 255 Å². The highest BCUT2D eigenvalue weighted by molar-refractivity contribution is 6.04. The molecule has 5 aromatic rings. The predicted octanol–water partition coefficient (Wildman–Crippen LogP) is 5.67. The van der Waals surface area contributed by atoms with Gasteiger partial charge in [0, 0.05) is 47.0 Å². The molecule has 0 saturated heterocycles. The van der Waals surface area contributed by atoms with Gasteiger partial charge in [0.05, 0.1) is 37.6 Å². The van der Waals surface area contributed by atoms with E-state index in [9.17, 15) is 14.0 Å². The van der Waals surface area contributed by atoms with Crippen molar-refractivity contribution in [3.63, 3.8) is 0 Å². The van der Waals surface area contributed by atoms with E-state index < -0.39 is 23.0 Å². The molecule has 0 aliphatic carbocycles. The van der Waals surface area contributed by atoms with Crippen molar-refractivity contribution in [3.05, 3.63) is 107 Å². The molecule has 6 rings (SSSR count). The number of nitrogens with zero attached hydrogens (tertiary/aromatic N) is 1. The number of amides is 1.